The third-order valence-electron chi connectivity index (χ3n) is 4.34. The zero-order valence-electron chi connectivity index (χ0n) is 13.5. The lowest BCUT2D eigenvalue weighted by Crippen LogP contribution is -2.27. The molecule has 2 aromatic rings. The zero-order valence-corrected chi connectivity index (χ0v) is 13.5. The van der Waals surface area contributed by atoms with Gasteiger partial charge in [-0.2, -0.15) is 4.98 Å². The van der Waals surface area contributed by atoms with Crippen LogP contribution in [-0.4, -0.2) is 34.0 Å². The van der Waals surface area contributed by atoms with Crippen molar-refractivity contribution in [3.8, 4) is 11.4 Å². The maximum atomic E-state index is 11.2. The van der Waals surface area contributed by atoms with Crippen molar-refractivity contribution in [3.05, 3.63) is 35.7 Å². The van der Waals surface area contributed by atoms with Gasteiger partial charge in [0.05, 0.1) is 12.5 Å². The molecule has 1 aromatic heterocycles. The van der Waals surface area contributed by atoms with Crippen LogP contribution in [0, 0.1) is 5.92 Å². The molecule has 2 heterocycles. The Hall–Kier alpha value is -2.21. The van der Waals surface area contributed by atoms with Gasteiger partial charge in [0, 0.05) is 12.1 Å². The smallest absolute Gasteiger partial charge is 0.241 e. The van der Waals surface area contributed by atoms with Crippen LogP contribution in [-0.2, 0) is 11.3 Å². The Morgan fingerprint density at radius 3 is 2.74 bits per heavy atom. The first-order valence-corrected chi connectivity index (χ1v) is 7.97. The molecule has 3 rings (SSSR count). The highest BCUT2D eigenvalue weighted by Gasteiger charge is 2.27. The molecule has 0 radical (unpaired) electrons. The van der Waals surface area contributed by atoms with Crippen molar-refractivity contribution in [2.24, 2.45) is 11.7 Å². The summed E-state index contributed by atoms with van der Waals surface area (Å²) in [5.41, 5.74) is 7.58. The topological polar surface area (TPSA) is 85.3 Å². The van der Waals surface area contributed by atoms with Crippen molar-refractivity contribution in [3.63, 3.8) is 0 Å². The summed E-state index contributed by atoms with van der Waals surface area (Å²) < 4.78 is 5.34. The highest BCUT2D eigenvalue weighted by Crippen LogP contribution is 2.22. The van der Waals surface area contributed by atoms with Crippen molar-refractivity contribution >= 4 is 5.91 Å². The van der Waals surface area contributed by atoms with Crippen LogP contribution in [0.3, 0.4) is 0 Å². The molecule has 1 saturated heterocycles. The Morgan fingerprint density at radius 2 is 2.13 bits per heavy atom. The molecule has 0 saturated carbocycles. The lowest BCUT2D eigenvalue weighted by atomic mass is 10.0. The number of amides is 1. The number of benzene rings is 1. The van der Waals surface area contributed by atoms with Crippen LogP contribution in [0.1, 0.15) is 37.6 Å². The van der Waals surface area contributed by atoms with Crippen molar-refractivity contribution in [1.82, 2.24) is 15.0 Å². The molecule has 1 fully saturated rings. The summed E-state index contributed by atoms with van der Waals surface area (Å²) in [6.07, 6.45) is 0.799. The molecular formula is C17H22N4O2. The first kappa shape index (κ1) is 15.7. The van der Waals surface area contributed by atoms with Crippen LogP contribution in [0.4, 0.5) is 0 Å². The van der Waals surface area contributed by atoms with Crippen LogP contribution in [0.15, 0.2) is 28.8 Å². The minimum Gasteiger partial charge on any atom is -0.369 e. The van der Waals surface area contributed by atoms with E-state index < -0.39 is 0 Å². The molecule has 122 valence electrons. The third kappa shape index (κ3) is 3.59. The van der Waals surface area contributed by atoms with Crippen LogP contribution in [0.25, 0.3) is 11.4 Å². The maximum absolute atomic E-state index is 11.2. The van der Waals surface area contributed by atoms with E-state index in [9.17, 15) is 4.79 Å². The van der Waals surface area contributed by atoms with E-state index in [1.165, 1.54) is 5.56 Å². The van der Waals surface area contributed by atoms with E-state index in [1.54, 1.807) is 0 Å². The fourth-order valence-electron chi connectivity index (χ4n) is 2.85. The largest absolute Gasteiger partial charge is 0.369 e. The summed E-state index contributed by atoms with van der Waals surface area (Å²) in [5.74, 6) is 1.36. The average Bonchev–Trinajstić information content (AvgIpc) is 3.17. The fourth-order valence-corrected chi connectivity index (χ4v) is 2.85. The number of hydrogen-bond donors (Lipinski definition) is 1. The Bertz CT molecular complexity index is 678. The van der Waals surface area contributed by atoms with Gasteiger partial charge in [-0.3, -0.25) is 9.69 Å². The van der Waals surface area contributed by atoms with Gasteiger partial charge in [-0.25, -0.2) is 0 Å². The first-order valence-electron chi connectivity index (χ1n) is 7.97. The van der Waals surface area contributed by atoms with E-state index in [1.807, 2.05) is 12.1 Å². The summed E-state index contributed by atoms with van der Waals surface area (Å²) in [4.78, 5) is 17.8. The predicted octanol–water partition coefficient (Wildman–Crippen LogP) is 2.17. The molecule has 1 amide bonds. The van der Waals surface area contributed by atoms with Crippen LogP contribution in [0.5, 0.6) is 0 Å². The van der Waals surface area contributed by atoms with Crippen LogP contribution >= 0.6 is 0 Å². The van der Waals surface area contributed by atoms with Gasteiger partial charge in [0.2, 0.25) is 17.6 Å². The second-order valence-electron chi connectivity index (χ2n) is 6.41. The molecule has 2 N–H and O–H groups in total. The Balaban J connectivity index is 1.65. The molecule has 23 heavy (non-hydrogen) atoms. The van der Waals surface area contributed by atoms with Crippen molar-refractivity contribution in [2.75, 3.05) is 13.1 Å². The van der Waals surface area contributed by atoms with Gasteiger partial charge in [-0.15, -0.1) is 0 Å². The molecular weight excluding hydrogens is 292 g/mol. The quantitative estimate of drug-likeness (QED) is 0.914. The van der Waals surface area contributed by atoms with Gasteiger partial charge in [-0.1, -0.05) is 43.3 Å². The highest BCUT2D eigenvalue weighted by atomic mass is 16.5. The number of nitrogens with zero attached hydrogens (tertiary/aromatic N) is 3. The van der Waals surface area contributed by atoms with Gasteiger partial charge in [-0.05, 0) is 24.4 Å². The van der Waals surface area contributed by atoms with Crippen molar-refractivity contribution < 1.29 is 9.32 Å². The molecule has 1 aliphatic heterocycles. The maximum Gasteiger partial charge on any atom is 0.241 e. The van der Waals surface area contributed by atoms with E-state index in [0.29, 0.717) is 30.7 Å². The van der Waals surface area contributed by atoms with Gasteiger partial charge >= 0.3 is 0 Å². The Kier molecular flexibility index (Phi) is 4.43. The number of nitrogens with two attached hydrogens (primary N) is 1. The molecule has 0 spiro atoms. The Labute approximate surface area is 135 Å². The molecule has 0 bridgehead atoms. The second kappa shape index (κ2) is 6.50. The van der Waals surface area contributed by atoms with E-state index in [4.69, 9.17) is 10.3 Å². The summed E-state index contributed by atoms with van der Waals surface area (Å²) in [6, 6.07) is 8.22. The lowest BCUT2D eigenvalue weighted by molar-refractivity contribution is -0.121. The van der Waals surface area contributed by atoms with E-state index in [0.717, 1.165) is 18.5 Å². The second-order valence-corrected chi connectivity index (χ2v) is 6.41. The van der Waals surface area contributed by atoms with E-state index >= 15 is 0 Å². The average molecular weight is 314 g/mol. The fraction of sp³-hybridized carbons (Fsp3) is 0.471. The monoisotopic (exact) mass is 314 g/mol. The van der Waals surface area contributed by atoms with E-state index in [-0.39, 0.29) is 11.8 Å². The number of primary amides is 1. The molecule has 0 aliphatic carbocycles. The number of rotatable bonds is 5. The highest BCUT2D eigenvalue weighted by molar-refractivity contribution is 5.77. The molecule has 6 nitrogen and oxygen atoms in total. The number of aromatic nitrogens is 2. The van der Waals surface area contributed by atoms with Crippen molar-refractivity contribution in [1.29, 1.82) is 0 Å². The predicted molar refractivity (Wildman–Crippen MR) is 86.4 cm³/mol. The van der Waals surface area contributed by atoms with Crippen LogP contribution in [0.2, 0.25) is 0 Å². The number of carbonyl (C=O) groups excluding carboxylic acids is 1. The third-order valence-corrected chi connectivity index (χ3v) is 4.34. The van der Waals surface area contributed by atoms with E-state index in [2.05, 4.69) is 41.0 Å². The van der Waals surface area contributed by atoms with Gasteiger partial charge < -0.3 is 10.3 Å². The zero-order chi connectivity index (χ0) is 16.4. The summed E-state index contributed by atoms with van der Waals surface area (Å²) in [5, 5.41) is 4.05. The summed E-state index contributed by atoms with van der Waals surface area (Å²) in [7, 11) is 0. The minimum absolute atomic E-state index is 0.0685. The molecule has 1 atom stereocenters. The lowest BCUT2D eigenvalue weighted by Gasteiger charge is -2.11. The number of likely N-dealkylation sites (tertiary alicyclic amines) is 1. The normalized spacial score (nSPS) is 18.7. The summed E-state index contributed by atoms with van der Waals surface area (Å²) in [6.45, 7) is 6.37. The number of carbonyl (C=O) groups is 1. The van der Waals surface area contributed by atoms with Gasteiger partial charge in [0.25, 0.3) is 0 Å². The summed E-state index contributed by atoms with van der Waals surface area (Å²) >= 11 is 0. The number of hydrogen-bond acceptors (Lipinski definition) is 5. The minimum atomic E-state index is -0.232. The Morgan fingerprint density at radius 1 is 1.39 bits per heavy atom. The standard InChI is InChI=1S/C17H22N4O2/c1-11(2)12-3-5-13(6-4-12)17-19-15(23-20-17)10-21-8-7-14(9-21)16(18)22/h3-6,11,14H,7-10H2,1-2H3,(H2,18,22)/t14-/m0/s1. The molecule has 0 unspecified atom stereocenters. The molecule has 6 heteroatoms. The van der Waals surface area contributed by atoms with Crippen LogP contribution < -0.4 is 5.73 Å². The SMILES string of the molecule is CC(C)c1ccc(-c2noc(CN3CC[C@H](C(N)=O)C3)n2)cc1. The molecule has 1 aliphatic rings. The van der Waals surface area contributed by atoms with Gasteiger partial charge in [0.1, 0.15) is 0 Å². The van der Waals surface area contributed by atoms with Crippen molar-refractivity contribution in [2.45, 2.75) is 32.7 Å². The van der Waals surface area contributed by atoms with Gasteiger partial charge in [0.15, 0.2) is 0 Å². The first-order chi connectivity index (χ1) is 11.0. The molecule has 1 aromatic carbocycles.